The van der Waals surface area contributed by atoms with Crippen LogP contribution in [-0.4, -0.2) is 67.8 Å². The average Bonchev–Trinajstić information content (AvgIpc) is 2.50. The van der Waals surface area contributed by atoms with E-state index in [0.717, 1.165) is 5.56 Å². The summed E-state index contributed by atoms with van der Waals surface area (Å²) in [7, 11) is 0. The Balaban J connectivity index is 2.62. The predicted molar refractivity (Wildman–Crippen MR) is 72.6 cm³/mol. The molecule has 0 amide bonds. The quantitative estimate of drug-likeness (QED) is 0.362. The van der Waals surface area contributed by atoms with Crippen LogP contribution in [0.25, 0.3) is 6.08 Å². The Bertz CT molecular complexity index is 407. The van der Waals surface area contributed by atoms with Crippen LogP contribution in [0.3, 0.4) is 0 Å². The zero-order chi connectivity index (χ0) is 15.1. The topological polar surface area (TPSA) is 121 Å². The highest BCUT2D eigenvalue weighted by Gasteiger charge is 2.33. The van der Waals surface area contributed by atoms with Crippen molar-refractivity contribution in [2.24, 2.45) is 0 Å². The second kappa shape index (κ2) is 8.11. The van der Waals surface area contributed by atoms with E-state index in [-0.39, 0.29) is 0 Å². The van der Waals surface area contributed by atoms with Gasteiger partial charge in [0.2, 0.25) is 0 Å². The molecule has 1 unspecified atom stereocenters. The van der Waals surface area contributed by atoms with Gasteiger partial charge in [0.05, 0.1) is 6.61 Å². The van der Waals surface area contributed by atoms with Gasteiger partial charge in [0.25, 0.3) is 0 Å². The summed E-state index contributed by atoms with van der Waals surface area (Å²) in [5.41, 5.74) is 0.796. The van der Waals surface area contributed by atoms with Gasteiger partial charge in [-0.25, -0.2) is 0 Å². The minimum absolute atomic E-state index is 0.763. The zero-order valence-corrected chi connectivity index (χ0v) is 10.8. The molecule has 20 heavy (non-hydrogen) atoms. The van der Waals surface area contributed by atoms with E-state index < -0.39 is 37.1 Å². The second-order valence-corrected chi connectivity index (χ2v) is 4.48. The molecule has 5 atom stereocenters. The molecule has 6 heteroatoms. The number of benzene rings is 1. The fraction of sp³-hybridized carbons (Fsp3) is 0.429. The van der Waals surface area contributed by atoms with Crippen LogP contribution in [0.4, 0.5) is 0 Å². The average molecular weight is 284 g/mol. The van der Waals surface area contributed by atoms with E-state index in [0.29, 0.717) is 0 Å². The van der Waals surface area contributed by atoms with Crippen molar-refractivity contribution in [1.82, 2.24) is 0 Å². The Hall–Kier alpha value is -1.28. The Labute approximate surface area is 116 Å². The second-order valence-electron chi connectivity index (χ2n) is 4.48. The summed E-state index contributed by atoms with van der Waals surface area (Å²) < 4.78 is 0. The van der Waals surface area contributed by atoms with E-state index in [2.05, 4.69) is 0 Å². The fourth-order valence-electron chi connectivity index (χ4n) is 1.63. The SMILES string of the molecule is OC[C@@H](O)[C@H](O)[C@H](O)[C@@H](O)C(O)C=Cc1ccccc1. The molecule has 6 nitrogen and oxygen atoms in total. The molecule has 1 rings (SSSR count). The number of hydrogen-bond acceptors (Lipinski definition) is 6. The molecule has 0 aromatic heterocycles. The molecule has 0 saturated carbocycles. The first-order valence-corrected chi connectivity index (χ1v) is 6.21. The lowest BCUT2D eigenvalue weighted by Gasteiger charge is -2.27. The largest absolute Gasteiger partial charge is 0.394 e. The predicted octanol–water partition coefficient (Wildman–Crippen LogP) is -1.50. The molecule has 0 saturated heterocycles. The van der Waals surface area contributed by atoms with Crippen molar-refractivity contribution in [1.29, 1.82) is 0 Å². The van der Waals surface area contributed by atoms with Crippen LogP contribution in [0, 0.1) is 0 Å². The van der Waals surface area contributed by atoms with Gasteiger partial charge in [-0.1, -0.05) is 42.5 Å². The normalized spacial score (nSPS) is 19.5. The Morgan fingerprint density at radius 1 is 0.850 bits per heavy atom. The standard InChI is InChI=1S/C14H20O6/c15-8-11(17)13(19)14(20)12(18)10(16)7-6-9-4-2-1-3-5-9/h1-7,10-20H,8H2/t10?,11-,12+,13+,14-/m1/s1. The summed E-state index contributed by atoms with van der Waals surface area (Å²) in [5, 5.41) is 56.2. The summed E-state index contributed by atoms with van der Waals surface area (Å²) in [6.45, 7) is -0.763. The molecule has 0 aliphatic heterocycles. The summed E-state index contributed by atoms with van der Waals surface area (Å²) >= 11 is 0. The van der Waals surface area contributed by atoms with Crippen LogP contribution in [0.15, 0.2) is 36.4 Å². The van der Waals surface area contributed by atoms with Crippen molar-refractivity contribution in [2.75, 3.05) is 6.61 Å². The molecule has 112 valence electrons. The smallest absolute Gasteiger partial charge is 0.112 e. The van der Waals surface area contributed by atoms with Crippen LogP contribution in [0.1, 0.15) is 5.56 Å². The van der Waals surface area contributed by atoms with Crippen molar-refractivity contribution in [3.63, 3.8) is 0 Å². The monoisotopic (exact) mass is 284 g/mol. The third kappa shape index (κ3) is 4.68. The highest BCUT2D eigenvalue weighted by Crippen LogP contribution is 2.11. The number of aliphatic hydroxyl groups excluding tert-OH is 6. The number of rotatable bonds is 7. The van der Waals surface area contributed by atoms with E-state index >= 15 is 0 Å². The van der Waals surface area contributed by atoms with Crippen LogP contribution in [0.2, 0.25) is 0 Å². The molecule has 0 fully saturated rings. The minimum Gasteiger partial charge on any atom is -0.394 e. The maximum atomic E-state index is 9.70. The maximum Gasteiger partial charge on any atom is 0.112 e. The molecular weight excluding hydrogens is 264 g/mol. The summed E-state index contributed by atoms with van der Waals surface area (Å²) in [6.07, 6.45) is -5.43. The van der Waals surface area contributed by atoms with Crippen LogP contribution in [0.5, 0.6) is 0 Å². The van der Waals surface area contributed by atoms with Crippen molar-refractivity contribution in [2.45, 2.75) is 30.5 Å². The minimum atomic E-state index is -1.78. The van der Waals surface area contributed by atoms with Gasteiger partial charge in [0.1, 0.15) is 30.5 Å². The van der Waals surface area contributed by atoms with Gasteiger partial charge in [-0.3, -0.25) is 0 Å². The lowest BCUT2D eigenvalue weighted by Crippen LogP contribution is -2.49. The van der Waals surface area contributed by atoms with Crippen molar-refractivity contribution in [3.8, 4) is 0 Å². The first-order valence-electron chi connectivity index (χ1n) is 6.21. The third-order valence-electron chi connectivity index (χ3n) is 2.92. The Kier molecular flexibility index (Phi) is 6.80. The highest BCUT2D eigenvalue weighted by atomic mass is 16.4. The molecule has 0 heterocycles. The van der Waals surface area contributed by atoms with Crippen LogP contribution >= 0.6 is 0 Å². The molecule has 6 N–H and O–H groups in total. The van der Waals surface area contributed by atoms with Crippen LogP contribution < -0.4 is 0 Å². The fourth-order valence-corrected chi connectivity index (χ4v) is 1.63. The zero-order valence-electron chi connectivity index (χ0n) is 10.8. The summed E-state index contributed by atoms with van der Waals surface area (Å²) in [6, 6.07) is 9.02. The molecular formula is C14H20O6. The molecule has 0 radical (unpaired) electrons. The molecule has 0 spiro atoms. The first kappa shape index (κ1) is 16.8. The van der Waals surface area contributed by atoms with Gasteiger partial charge in [0.15, 0.2) is 0 Å². The molecule has 0 aliphatic rings. The molecule has 0 bridgehead atoms. The van der Waals surface area contributed by atoms with Crippen molar-refractivity contribution < 1.29 is 30.6 Å². The maximum absolute atomic E-state index is 9.70. The van der Waals surface area contributed by atoms with Crippen LogP contribution in [-0.2, 0) is 0 Å². The van der Waals surface area contributed by atoms with Gasteiger partial charge in [-0.05, 0) is 5.56 Å². The lowest BCUT2D eigenvalue weighted by molar-refractivity contribution is -0.133. The third-order valence-corrected chi connectivity index (χ3v) is 2.92. The highest BCUT2D eigenvalue weighted by molar-refractivity contribution is 5.49. The van der Waals surface area contributed by atoms with Gasteiger partial charge >= 0.3 is 0 Å². The Morgan fingerprint density at radius 2 is 1.45 bits per heavy atom. The van der Waals surface area contributed by atoms with Gasteiger partial charge in [-0.15, -0.1) is 0 Å². The van der Waals surface area contributed by atoms with Crippen molar-refractivity contribution >= 4 is 6.08 Å². The number of aliphatic hydroxyl groups is 6. The van der Waals surface area contributed by atoms with E-state index in [1.54, 1.807) is 30.3 Å². The molecule has 1 aromatic carbocycles. The number of hydrogen-bond donors (Lipinski definition) is 6. The van der Waals surface area contributed by atoms with E-state index in [9.17, 15) is 20.4 Å². The summed E-state index contributed by atoms with van der Waals surface area (Å²) in [5.74, 6) is 0. The Morgan fingerprint density at radius 3 is 2.00 bits per heavy atom. The van der Waals surface area contributed by atoms with E-state index in [1.807, 2.05) is 6.07 Å². The molecule has 1 aromatic rings. The van der Waals surface area contributed by atoms with Gasteiger partial charge < -0.3 is 30.6 Å². The first-order chi connectivity index (χ1) is 9.47. The summed E-state index contributed by atoms with van der Waals surface area (Å²) in [4.78, 5) is 0. The van der Waals surface area contributed by atoms with E-state index in [4.69, 9.17) is 10.2 Å². The van der Waals surface area contributed by atoms with E-state index in [1.165, 1.54) is 6.08 Å². The van der Waals surface area contributed by atoms with Gasteiger partial charge in [-0.2, -0.15) is 0 Å². The lowest BCUT2D eigenvalue weighted by atomic mass is 9.99. The molecule has 0 aliphatic carbocycles. The van der Waals surface area contributed by atoms with Crippen molar-refractivity contribution in [3.05, 3.63) is 42.0 Å². The van der Waals surface area contributed by atoms with Gasteiger partial charge in [0, 0.05) is 0 Å².